The molecule has 3 heteroatoms. The number of alkyl halides is 1. The minimum Gasteiger partial charge on any atom is -0.303 e. The van der Waals surface area contributed by atoms with Crippen molar-refractivity contribution in [3.63, 3.8) is 0 Å². The number of carbonyl (C=O) groups is 1. The summed E-state index contributed by atoms with van der Waals surface area (Å²) in [6.07, 6.45) is 1.54. The molecule has 1 aliphatic heterocycles. The van der Waals surface area contributed by atoms with Crippen molar-refractivity contribution in [3.8, 4) is 0 Å². The van der Waals surface area contributed by atoms with Crippen LogP contribution < -0.4 is 0 Å². The first-order valence-electron chi connectivity index (χ1n) is 3.94. The molecule has 11 heavy (non-hydrogen) atoms. The number of likely N-dealkylation sites (tertiary alicyclic amines) is 1. The summed E-state index contributed by atoms with van der Waals surface area (Å²) in [5.41, 5.74) is 0. The van der Waals surface area contributed by atoms with Crippen LogP contribution in [-0.4, -0.2) is 35.2 Å². The summed E-state index contributed by atoms with van der Waals surface area (Å²) in [6, 6.07) is 0. The fourth-order valence-corrected chi connectivity index (χ4v) is 1.12. The van der Waals surface area contributed by atoms with Gasteiger partial charge in [0.25, 0.3) is 0 Å². The summed E-state index contributed by atoms with van der Waals surface area (Å²) in [7, 11) is 0. The second-order valence-electron chi connectivity index (χ2n) is 2.47. The van der Waals surface area contributed by atoms with Gasteiger partial charge in [-0.3, -0.25) is 4.79 Å². The molecule has 2 nitrogen and oxygen atoms in total. The van der Waals surface area contributed by atoms with Gasteiger partial charge in [-0.15, -0.1) is 0 Å². The summed E-state index contributed by atoms with van der Waals surface area (Å²) in [5, 5.41) is 0. The summed E-state index contributed by atoms with van der Waals surface area (Å²) in [5.74, 6) is 0.430. The molecule has 1 fully saturated rings. The predicted octanol–water partition coefficient (Wildman–Crippen LogP) is 1.72. The first-order chi connectivity index (χ1) is 5.33. The van der Waals surface area contributed by atoms with E-state index in [2.05, 4.69) is 34.4 Å². The van der Waals surface area contributed by atoms with Crippen molar-refractivity contribution in [1.82, 2.24) is 4.90 Å². The third-order valence-electron chi connectivity index (χ3n) is 1.86. The smallest absolute Gasteiger partial charge is 0.135 e. The van der Waals surface area contributed by atoms with Gasteiger partial charge >= 0.3 is 0 Å². The van der Waals surface area contributed by atoms with E-state index in [1.165, 1.54) is 0 Å². The highest BCUT2D eigenvalue weighted by Gasteiger charge is 2.13. The first kappa shape index (κ1) is 11.4. The third-order valence-corrected chi connectivity index (χ3v) is 1.86. The van der Waals surface area contributed by atoms with Crippen LogP contribution in [-0.2, 0) is 4.79 Å². The van der Waals surface area contributed by atoms with E-state index in [-0.39, 0.29) is 0 Å². The SMILES string of the molecule is CCN1CCC(=O)CC1.CI. The maximum atomic E-state index is 10.7. The van der Waals surface area contributed by atoms with Gasteiger partial charge in [-0.05, 0) is 11.5 Å². The number of carbonyl (C=O) groups excluding carboxylic acids is 1. The number of hydrogen-bond acceptors (Lipinski definition) is 2. The Morgan fingerprint density at radius 2 is 1.82 bits per heavy atom. The zero-order valence-electron chi connectivity index (χ0n) is 7.27. The van der Waals surface area contributed by atoms with E-state index in [1.807, 2.05) is 4.93 Å². The van der Waals surface area contributed by atoms with Crippen molar-refractivity contribution in [1.29, 1.82) is 0 Å². The molecule has 66 valence electrons. The van der Waals surface area contributed by atoms with Crippen LogP contribution in [0.5, 0.6) is 0 Å². The van der Waals surface area contributed by atoms with Crippen LogP contribution >= 0.6 is 22.6 Å². The lowest BCUT2D eigenvalue weighted by molar-refractivity contribution is -0.121. The van der Waals surface area contributed by atoms with Crippen molar-refractivity contribution >= 4 is 28.4 Å². The molecule has 0 unspecified atom stereocenters. The highest BCUT2D eigenvalue weighted by Crippen LogP contribution is 2.03. The van der Waals surface area contributed by atoms with Crippen LogP contribution in [0, 0.1) is 0 Å². The third kappa shape index (κ3) is 4.74. The number of Topliss-reactive ketones (excluding diaryl/α,β-unsaturated/α-hetero) is 1. The molecule has 0 N–H and O–H groups in total. The zero-order chi connectivity index (χ0) is 8.69. The summed E-state index contributed by atoms with van der Waals surface area (Å²) in [6.45, 7) is 5.19. The molecular weight excluding hydrogens is 253 g/mol. The average Bonchev–Trinajstić information content (AvgIpc) is 2.10. The van der Waals surface area contributed by atoms with Crippen molar-refractivity contribution in [2.24, 2.45) is 0 Å². The summed E-state index contributed by atoms with van der Waals surface area (Å²) in [4.78, 5) is 15.0. The Labute approximate surface area is 82.5 Å². The number of nitrogens with zero attached hydrogens (tertiary/aromatic N) is 1. The minimum atomic E-state index is 0.430. The van der Waals surface area contributed by atoms with E-state index < -0.39 is 0 Å². The van der Waals surface area contributed by atoms with Gasteiger partial charge in [0.05, 0.1) is 0 Å². The van der Waals surface area contributed by atoms with Gasteiger partial charge in [-0.25, -0.2) is 0 Å². The zero-order valence-corrected chi connectivity index (χ0v) is 9.43. The minimum absolute atomic E-state index is 0.430. The Hall–Kier alpha value is 0.360. The van der Waals surface area contributed by atoms with Crippen LogP contribution in [0.15, 0.2) is 0 Å². The number of hydrogen-bond donors (Lipinski definition) is 0. The van der Waals surface area contributed by atoms with E-state index in [0.29, 0.717) is 5.78 Å². The second kappa shape index (κ2) is 7.03. The number of ketones is 1. The second-order valence-corrected chi connectivity index (χ2v) is 2.47. The Kier molecular flexibility index (Phi) is 7.26. The fraction of sp³-hybridized carbons (Fsp3) is 0.875. The van der Waals surface area contributed by atoms with Gasteiger partial charge in [-0.1, -0.05) is 29.5 Å². The van der Waals surface area contributed by atoms with Gasteiger partial charge in [0, 0.05) is 25.9 Å². The lowest BCUT2D eigenvalue weighted by atomic mass is 10.1. The van der Waals surface area contributed by atoms with E-state index in [9.17, 15) is 4.79 Å². The summed E-state index contributed by atoms with van der Waals surface area (Å²) < 4.78 is 0. The largest absolute Gasteiger partial charge is 0.303 e. The molecule has 0 aliphatic carbocycles. The van der Waals surface area contributed by atoms with Gasteiger partial charge in [0.15, 0.2) is 0 Å². The van der Waals surface area contributed by atoms with Gasteiger partial charge in [0.2, 0.25) is 0 Å². The maximum absolute atomic E-state index is 10.7. The molecule has 0 aromatic carbocycles. The molecule has 0 bridgehead atoms. The lowest BCUT2D eigenvalue weighted by Crippen LogP contribution is -2.33. The maximum Gasteiger partial charge on any atom is 0.135 e. The lowest BCUT2D eigenvalue weighted by Gasteiger charge is -2.23. The number of piperidine rings is 1. The van der Waals surface area contributed by atoms with Crippen molar-refractivity contribution in [3.05, 3.63) is 0 Å². The summed E-state index contributed by atoms with van der Waals surface area (Å²) >= 11 is 2.15. The molecule has 1 heterocycles. The molecule has 0 aromatic rings. The quantitative estimate of drug-likeness (QED) is 0.533. The Morgan fingerprint density at radius 3 is 2.18 bits per heavy atom. The first-order valence-corrected chi connectivity index (χ1v) is 6.10. The van der Waals surface area contributed by atoms with Gasteiger partial charge < -0.3 is 4.90 Å². The fourth-order valence-electron chi connectivity index (χ4n) is 1.12. The van der Waals surface area contributed by atoms with Crippen LogP contribution in [0.25, 0.3) is 0 Å². The standard InChI is InChI=1S/C7H13NO.CH3I/c1-2-8-5-3-7(9)4-6-8;1-2/h2-6H2,1H3;1H3. The topological polar surface area (TPSA) is 20.3 Å². The van der Waals surface area contributed by atoms with Crippen molar-refractivity contribution < 1.29 is 4.79 Å². The number of rotatable bonds is 1. The molecular formula is C8H16INO. The molecule has 1 rings (SSSR count). The highest BCUT2D eigenvalue weighted by molar-refractivity contribution is 14.1. The van der Waals surface area contributed by atoms with Crippen LogP contribution in [0.1, 0.15) is 19.8 Å². The molecule has 0 amide bonds. The van der Waals surface area contributed by atoms with Gasteiger partial charge in [-0.2, -0.15) is 0 Å². The monoisotopic (exact) mass is 269 g/mol. The van der Waals surface area contributed by atoms with Crippen molar-refractivity contribution in [2.45, 2.75) is 19.8 Å². The van der Waals surface area contributed by atoms with Crippen LogP contribution in [0.2, 0.25) is 0 Å². The average molecular weight is 269 g/mol. The van der Waals surface area contributed by atoms with Gasteiger partial charge in [0.1, 0.15) is 5.78 Å². The molecule has 0 aromatic heterocycles. The Bertz CT molecular complexity index is 107. The van der Waals surface area contributed by atoms with E-state index >= 15 is 0 Å². The van der Waals surface area contributed by atoms with Crippen molar-refractivity contribution in [2.75, 3.05) is 24.6 Å². The molecule has 1 saturated heterocycles. The highest BCUT2D eigenvalue weighted by atomic mass is 127. The molecule has 0 radical (unpaired) electrons. The Morgan fingerprint density at radius 1 is 1.36 bits per heavy atom. The number of halogens is 1. The predicted molar refractivity (Wildman–Crippen MR) is 56.3 cm³/mol. The molecule has 0 saturated carbocycles. The van der Waals surface area contributed by atoms with Crippen LogP contribution in [0.4, 0.5) is 0 Å². The van der Waals surface area contributed by atoms with Crippen LogP contribution in [0.3, 0.4) is 0 Å². The molecule has 1 aliphatic rings. The van der Waals surface area contributed by atoms with E-state index in [1.54, 1.807) is 0 Å². The van der Waals surface area contributed by atoms with E-state index in [0.717, 1.165) is 32.5 Å². The molecule has 0 spiro atoms. The normalized spacial score (nSPS) is 19.0. The molecule has 0 atom stereocenters. The van der Waals surface area contributed by atoms with E-state index in [4.69, 9.17) is 0 Å². The Balaban J connectivity index is 0.000000461.